The summed E-state index contributed by atoms with van der Waals surface area (Å²) in [4.78, 5) is 30.1. The smallest absolute Gasteiger partial charge is 0.261 e. The van der Waals surface area contributed by atoms with Gasteiger partial charge in [0.25, 0.3) is 5.91 Å². The number of amides is 1. The maximum absolute atomic E-state index is 14.1. The number of thiophene rings is 1. The average molecular weight is 572 g/mol. The van der Waals surface area contributed by atoms with E-state index < -0.39 is 11.6 Å². The number of nitrogens with zero attached hydrogens (tertiary/aromatic N) is 1. The molecule has 9 nitrogen and oxygen atoms in total. The van der Waals surface area contributed by atoms with Gasteiger partial charge in [-0.15, -0.1) is 11.3 Å². The number of rotatable bonds is 7. The fraction of sp³-hybridized carbons (Fsp3) is 0.290. The van der Waals surface area contributed by atoms with E-state index in [0.717, 1.165) is 18.7 Å². The van der Waals surface area contributed by atoms with Crippen LogP contribution < -0.4 is 27.3 Å². The molecule has 212 valence electrons. The number of Topliss-reactive ketones (excluding diaryl/α,β-unsaturated/α-hetero) is 1. The third-order valence-electron chi connectivity index (χ3n) is 7.94. The first-order valence-electron chi connectivity index (χ1n) is 13.7. The van der Waals surface area contributed by atoms with Crippen LogP contribution in [0.4, 0.5) is 5.69 Å². The van der Waals surface area contributed by atoms with Crippen LogP contribution in [0.1, 0.15) is 38.0 Å². The Morgan fingerprint density at radius 2 is 1.83 bits per heavy atom. The van der Waals surface area contributed by atoms with Crippen molar-refractivity contribution in [2.24, 2.45) is 11.5 Å². The van der Waals surface area contributed by atoms with Crippen molar-refractivity contribution in [1.29, 1.82) is 0 Å². The van der Waals surface area contributed by atoms with Crippen LogP contribution in [-0.2, 0) is 15.1 Å². The fourth-order valence-electron chi connectivity index (χ4n) is 5.83. The quantitative estimate of drug-likeness (QED) is 0.247. The third kappa shape index (κ3) is 4.77. The standard InChI is InChI=1S/C31H33N5O4S/c1-18-17-20(40-19-5-3-2-4-6-19)7-8-21(18)31(34)22-9-10-23(32)27-24(22)25(26(33)29(31)37)28(41-27)30(38)35-11-12-36-13-15-39-16-14-36/h2-10,17,26H,11-16,32-34H2,1H3,(H,35,38). The highest BCUT2D eigenvalue weighted by atomic mass is 32.1. The van der Waals surface area contributed by atoms with Crippen molar-refractivity contribution in [3.05, 3.63) is 87.8 Å². The molecule has 2 atom stereocenters. The molecule has 41 heavy (non-hydrogen) atoms. The number of ketones is 1. The molecule has 6 rings (SSSR count). The van der Waals surface area contributed by atoms with Crippen LogP contribution in [0.25, 0.3) is 10.1 Å². The lowest BCUT2D eigenvalue weighted by atomic mass is 9.69. The lowest BCUT2D eigenvalue weighted by Crippen LogP contribution is -2.53. The highest BCUT2D eigenvalue weighted by Crippen LogP contribution is 2.50. The molecule has 10 heteroatoms. The minimum absolute atomic E-state index is 0.272. The maximum atomic E-state index is 14.1. The van der Waals surface area contributed by atoms with Crippen LogP contribution in [0.15, 0.2) is 60.7 Å². The number of anilines is 1. The molecular formula is C31H33N5O4S. The summed E-state index contributed by atoms with van der Waals surface area (Å²) in [6, 6.07) is 17.4. The van der Waals surface area contributed by atoms with Crippen LogP contribution in [0.5, 0.6) is 11.5 Å². The van der Waals surface area contributed by atoms with Gasteiger partial charge in [-0.25, -0.2) is 0 Å². The Balaban J connectivity index is 1.36. The van der Waals surface area contributed by atoms with Crippen molar-refractivity contribution in [1.82, 2.24) is 10.2 Å². The Hall–Kier alpha value is -3.80. The number of carbonyl (C=O) groups excluding carboxylic acids is 2. The minimum atomic E-state index is -1.53. The summed E-state index contributed by atoms with van der Waals surface area (Å²) in [5.74, 6) is 0.683. The summed E-state index contributed by atoms with van der Waals surface area (Å²) < 4.78 is 12.1. The maximum Gasteiger partial charge on any atom is 0.261 e. The van der Waals surface area contributed by atoms with Gasteiger partial charge in [0.2, 0.25) is 0 Å². The molecule has 1 aliphatic carbocycles. The summed E-state index contributed by atoms with van der Waals surface area (Å²) >= 11 is 1.25. The van der Waals surface area contributed by atoms with Gasteiger partial charge in [-0.2, -0.15) is 0 Å². The Bertz CT molecular complexity index is 1630. The van der Waals surface area contributed by atoms with Gasteiger partial charge in [-0.05, 0) is 53.9 Å². The average Bonchev–Trinajstić information content (AvgIpc) is 3.39. The number of para-hydroxylation sites is 1. The molecule has 1 aliphatic heterocycles. The van der Waals surface area contributed by atoms with Crippen LogP contribution in [0.3, 0.4) is 0 Å². The molecule has 2 unspecified atom stereocenters. The number of nitrogens with two attached hydrogens (primary N) is 3. The lowest BCUT2D eigenvalue weighted by Gasteiger charge is -2.37. The number of morpholine rings is 1. The molecule has 2 aliphatic rings. The van der Waals surface area contributed by atoms with Gasteiger partial charge < -0.3 is 32.0 Å². The number of hydrogen-bond donors (Lipinski definition) is 4. The SMILES string of the molecule is Cc1cc(Oc2ccccc2)ccc1C1(N)C(=O)C(N)c2c(C(=O)NCCN3CCOCC3)sc3c(N)ccc1c23. The van der Waals surface area contributed by atoms with Gasteiger partial charge in [0.15, 0.2) is 5.78 Å². The Morgan fingerprint density at radius 3 is 2.56 bits per heavy atom. The molecule has 1 saturated heterocycles. The fourth-order valence-corrected chi connectivity index (χ4v) is 7.04. The second kappa shape index (κ2) is 10.9. The summed E-state index contributed by atoms with van der Waals surface area (Å²) in [5.41, 5.74) is 21.6. The highest BCUT2D eigenvalue weighted by molar-refractivity contribution is 7.21. The van der Waals surface area contributed by atoms with E-state index in [-0.39, 0.29) is 11.7 Å². The molecule has 1 aromatic heterocycles. The van der Waals surface area contributed by atoms with Gasteiger partial charge in [0, 0.05) is 42.8 Å². The number of carbonyl (C=O) groups is 2. The molecule has 2 heterocycles. The van der Waals surface area contributed by atoms with Gasteiger partial charge in [-0.3, -0.25) is 14.5 Å². The normalized spacial score (nSPS) is 20.8. The van der Waals surface area contributed by atoms with E-state index in [2.05, 4.69) is 10.2 Å². The number of aryl methyl sites for hydroxylation is 1. The molecular weight excluding hydrogens is 538 g/mol. The van der Waals surface area contributed by atoms with E-state index >= 15 is 0 Å². The number of hydrogen-bond acceptors (Lipinski definition) is 9. The zero-order valence-corrected chi connectivity index (χ0v) is 23.6. The molecule has 1 fully saturated rings. The largest absolute Gasteiger partial charge is 0.457 e. The summed E-state index contributed by atoms with van der Waals surface area (Å²) in [6.07, 6.45) is 0. The number of nitrogen functional groups attached to an aromatic ring is 1. The molecule has 0 radical (unpaired) electrons. The van der Waals surface area contributed by atoms with Gasteiger partial charge in [0.05, 0.1) is 28.8 Å². The first-order chi connectivity index (χ1) is 19.8. The predicted octanol–water partition coefficient (Wildman–Crippen LogP) is 3.43. The van der Waals surface area contributed by atoms with E-state index in [1.807, 2.05) is 49.4 Å². The van der Waals surface area contributed by atoms with Crippen LogP contribution >= 0.6 is 11.3 Å². The molecule has 4 aromatic rings. The predicted molar refractivity (Wildman–Crippen MR) is 160 cm³/mol. The van der Waals surface area contributed by atoms with Gasteiger partial charge >= 0.3 is 0 Å². The summed E-state index contributed by atoms with van der Waals surface area (Å²) in [7, 11) is 0. The van der Waals surface area contributed by atoms with Crippen molar-refractivity contribution in [3.63, 3.8) is 0 Å². The summed E-state index contributed by atoms with van der Waals surface area (Å²) in [6.45, 7) is 6.12. The molecule has 3 aromatic carbocycles. The van der Waals surface area contributed by atoms with E-state index in [1.54, 1.807) is 18.2 Å². The lowest BCUT2D eigenvalue weighted by molar-refractivity contribution is -0.124. The zero-order valence-electron chi connectivity index (χ0n) is 22.8. The number of benzene rings is 3. The molecule has 0 spiro atoms. The van der Waals surface area contributed by atoms with Crippen molar-refractivity contribution in [2.75, 3.05) is 45.1 Å². The summed E-state index contributed by atoms with van der Waals surface area (Å²) in [5, 5.41) is 3.69. The first-order valence-corrected chi connectivity index (χ1v) is 14.5. The second-order valence-electron chi connectivity index (χ2n) is 10.5. The van der Waals surface area contributed by atoms with Gasteiger partial charge in [0.1, 0.15) is 17.0 Å². The molecule has 1 amide bonds. The van der Waals surface area contributed by atoms with E-state index in [0.29, 0.717) is 75.1 Å². The molecule has 7 N–H and O–H groups in total. The minimum Gasteiger partial charge on any atom is -0.457 e. The van der Waals surface area contributed by atoms with Crippen LogP contribution in [0.2, 0.25) is 0 Å². The topological polar surface area (TPSA) is 146 Å². The highest BCUT2D eigenvalue weighted by Gasteiger charge is 2.49. The third-order valence-corrected chi connectivity index (χ3v) is 9.19. The number of ether oxygens (including phenoxy) is 2. The van der Waals surface area contributed by atoms with Crippen molar-refractivity contribution >= 4 is 38.8 Å². The Kier molecular flexibility index (Phi) is 7.27. The van der Waals surface area contributed by atoms with Crippen molar-refractivity contribution < 1.29 is 19.1 Å². The van der Waals surface area contributed by atoms with Crippen LogP contribution in [-0.4, -0.2) is 56.0 Å². The Labute approximate surface area is 242 Å². The van der Waals surface area contributed by atoms with Crippen molar-refractivity contribution in [3.8, 4) is 11.5 Å². The number of nitrogens with one attached hydrogen (secondary N) is 1. The molecule has 0 bridgehead atoms. The Morgan fingerprint density at radius 1 is 1.10 bits per heavy atom. The van der Waals surface area contributed by atoms with Crippen LogP contribution in [0, 0.1) is 6.92 Å². The van der Waals surface area contributed by atoms with E-state index in [1.165, 1.54) is 11.3 Å². The first kappa shape index (κ1) is 27.4. The van der Waals surface area contributed by atoms with Gasteiger partial charge in [-0.1, -0.05) is 30.3 Å². The molecule has 0 saturated carbocycles. The second-order valence-corrected chi connectivity index (χ2v) is 11.5. The van der Waals surface area contributed by atoms with Crippen molar-refractivity contribution in [2.45, 2.75) is 18.5 Å². The zero-order chi connectivity index (χ0) is 28.7. The monoisotopic (exact) mass is 571 g/mol. The van der Waals surface area contributed by atoms with E-state index in [9.17, 15) is 9.59 Å². The van der Waals surface area contributed by atoms with E-state index in [4.69, 9.17) is 26.7 Å².